The number of nitrogens with one attached hydrogen (secondary N) is 1. The molecule has 4 atom stereocenters. The molecule has 1 aromatic rings. The fraction of sp³-hybridized carbons (Fsp3) is 0.500. The van der Waals surface area contributed by atoms with Gasteiger partial charge >= 0.3 is 0 Å². The second kappa shape index (κ2) is 5.49. The summed E-state index contributed by atoms with van der Waals surface area (Å²) in [5.74, 6) is 3.07. The number of benzene rings is 1. The zero-order chi connectivity index (χ0) is 13.2. The molecule has 0 aliphatic heterocycles. The summed E-state index contributed by atoms with van der Waals surface area (Å²) in [6.07, 6.45) is 9.24. The number of allylic oxidation sites excluding steroid dienone is 2. The van der Waals surface area contributed by atoms with E-state index in [0.717, 1.165) is 35.5 Å². The molecule has 3 heteroatoms. The van der Waals surface area contributed by atoms with Gasteiger partial charge in [0.2, 0.25) is 0 Å². The van der Waals surface area contributed by atoms with Gasteiger partial charge in [-0.3, -0.25) is 4.21 Å². The normalized spacial score (nSPS) is 29.6. The van der Waals surface area contributed by atoms with E-state index in [0.29, 0.717) is 5.75 Å². The summed E-state index contributed by atoms with van der Waals surface area (Å²) in [7, 11) is -0.769. The van der Waals surface area contributed by atoms with Gasteiger partial charge in [-0.15, -0.1) is 0 Å². The Morgan fingerprint density at radius 1 is 1.32 bits per heavy atom. The van der Waals surface area contributed by atoms with Crippen LogP contribution in [0.5, 0.6) is 0 Å². The van der Waals surface area contributed by atoms with E-state index >= 15 is 0 Å². The molecule has 2 aliphatic rings. The van der Waals surface area contributed by atoms with Gasteiger partial charge in [-0.1, -0.05) is 24.3 Å². The summed E-state index contributed by atoms with van der Waals surface area (Å²) in [5, 5.41) is 3.55. The lowest BCUT2D eigenvalue weighted by atomic mass is 9.93. The predicted molar refractivity (Wildman–Crippen MR) is 81.5 cm³/mol. The van der Waals surface area contributed by atoms with Gasteiger partial charge in [0.1, 0.15) is 0 Å². The fourth-order valence-corrected chi connectivity index (χ4v) is 4.03. The molecule has 0 unspecified atom stereocenters. The van der Waals surface area contributed by atoms with E-state index in [4.69, 9.17) is 0 Å². The average molecular weight is 275 g/mol. The zero-order valence-electron chi connectivity index (χ0n) is 11.3. The van der Waals surface area contributed by atoms with Crippen LogP contribution in [-0.4, -0.2) is 17.0 Å². The molecule has 0 aromatic heterocycles. The Hall–Kier alpha value is -1.09. The standard InChI is InChI=1S/C16H21NOS/c1-19(18)11-13-3-2-4-16(9-13)17-10-15-8-12-5-6-14(15)7-12/h2-6,9,12,14-15,17H,7-8,10-11H2,1H3/t12-,14-,15+,19+/m0/s1. The topological polar surface area (TPSA) is 29.1 Å². The molecule has 1 saturated carbocycles. The van der Waals surface area contributed by atoms with E-state index in [1.54, 1.807) is 6.26 Å². The third-order valence-corrected chi connectivity index (χ3v) is 5.02. The van der Waals surface area contributed by atoms with Crippen molar-refractivity contribution in [2.75, 3.05) is 18.1 Å². The molecule has 2 aliphatic carbocycles. The maximum Gasteiger partial charge on any atom is 0.0483 e. The first-order valence-corrected chi connectivity index (χ1v) is 8.74. The molecule has 1 fully saturated rings. The molecule has 2 bridgehead atoms. The highest BCUT2D eigenvalue weighted by atomic mass is 32.2. The van der Waals surface area contributed by atoms with Gasteiger partial charge in [0.05, 0.1) is 0 Å². The second-order valence-corrected chi connectivity index (χ2v) is 7.27. The summed E-state index contributed by atoms with van der Waals surface area (Å²) in [5.41, 5.74) is 2.31. The Morgan fingerprint density at radius 3 is 2.89 bits per heavy atom. The molecule has 0 heterocycles. The first kappa shape index (κ1) is 12.9. The summed E-state index contributed by atoms with van der Waals surface area (Å²) in [4.78, 5) is 0. The van der Waals surface area contributed by atoms with Crippen LogP contribution in [0.2, 0.25) is 0 Å². The van der Waals surface area contributed by atoms with E-state index in [9.17, 15) is 4.21 Å². The Bertz CT molecular complexity index is 511. The Balaban J connectivity index is 1.58. The van der Waals surface area contributed by atoms with Crippen molar-refractivity contribution in [3.8, 4) is 0 Å². The lowest BCUT2D eigenvalue weighted by Crippen LogP contribution is -2.18. The van der Waals surface area contributed by atoms with Crippen LogP contribution in [-0.2, 0) is 16.6 Å². The lowest BCUT2D eigenvalue weighted by Gasteiger charge is -2.19. The minimum absolute atomic E-state index is 0.645. The number of hydrogen-bond acceptors (Lipinski definition) is 2. The van der Waals surface area contributed by atoms with Crippen LogP contribution in [0, 0.1) is 17.8 Å². The number of hydrogen-bond donors (Lipinski definition) is 1. The number of fused-ring (bicyclic) bond motifs is 2. The van der Waals surface area contributed by atoms with Crippen molar-refractivity contribution in [1.82, 2.24) is 0 Å². The summed E-state index contributed by atoms with van der Waals surface area (Å²) >= 11 is 0. The molecule has 19 heavy (non-hydrogen) atoms. The monoisotopic (exact) mass is 275 g/mol. The molecular weight excluding hydrogens is 254 g/mol. The van der Waals surface area contributed by atoms with Crippen molar-refractivity contribution >= 4 is 16.5 Å². The van der Waals surface area contributed by atoms with Gasteiger partial charge in [-0.05, 0) is 48.3 Å². The smallest absolute Gasteiger partial charge is 0.0483 e. The highest BCUT2D eigenvalue weighted by molar-refractivity contribution is 7.83. The minimum Gasteiger partial charge on any atom is -0.385 e. The zero-order valence-corrected chi connectivity index (χ0v) is 12.2. The van der Waals surface area contributed by atoms with Crippen LogP contribution in [0.4, 0.5) is 5.69 Å². The summed E-state index contributed by atoms with van der Waals surface area (Å²) in [6.45, 7) is 1.06. The van der Waals surface area contributed by atoms with E-state index in [-0.39, 0.29) is 0 Å². The molecule has 1 aromatic carbocycles. The van der Waals surface area contributed by atoms with Gasteiger partial charge in [-0.2, -0.15) is 0 Å². The summed E-state index contributed by atoms with van der Waals surface area (Å²) < 4.78 is 11.3. The average Bonchev–Trinajstić information content (AvgIpc) is 2.98. The van der Waals surface area contributed by atoms with E-state index in [1.165, 1.54) is 12.8 Å². The third-order valence-electron chi connectivity index (χ3n) is 4.28. The molecule has 0 saturated heterocycles. The van der Waals surface area contributed by atoms with Crippen molar-refractivity contribution in [2.45, 2.75) is 18.6 Å². The largest absolute Gasteiger partial charge is 0.385 e. The number of rotatable bonds is 5. The van der Waals surface area contributed by atoms with Crippen LogP contribution in [0.25, 0.3) is 0 Å². The van der Waals surface area contributed by atoms with Crippen LogP contribution >= 0.6 is 0 Å². The van der Waals surface area contributed by atoms with Gasteiger partial charge in [-0.25, -0.2) is 0 Å². The molecule has 2 nitrogen and oxygen atoms in total. The molecule has 0 spiro atoms. The Morgan fingerprint density at radius 2 is 2.21 bits per heavy atom. The third kappa shape index (κ3) is 3.08. The molecule has 102 valence electrons. The first-order chi connectivity index (χ1) is 9.20. The first-order valence-electron chi connectivity index (χ1n) is 7.02. The van der Waals surface area contributed by atoms with Crippen LogP contribution in [0.3, 0.4) is 0 Å². The van der Waals surface area contributed by atoms with Crippen LogP contribution in [0.1, 0.15) is 18.4 Å². The Kier molecular flexibility index (Phi) is 3.74. The van der Waals surface area contributed by atoms with Gasteiger partial charge < -0.3 is 5.32 Å². The maximum atomic E-state index is 11.3. The highest BCUT2D eigenvalue weighted by Gasteiger charge is 2.35. The molecule has 1 N–H and O–H groups in total. The van der Waals surface area contributed by atoms with Crippen molar-refractivity contribution in [3.63, 3.8) is 0 Å². The van der Waals surface area contributed by atoms with Gasteiger partial charge in [0, 0.05) is 35.0 Å². The summed E-state index contributed by atoms with van der Waals surface area (Å²) in [6, 6.07) is 8.33. The van der Waals surface area contributed by atoms with Crippen LogP contribution < -0.4 is 5.32 Å². The van der Waals surface area contributed by atoms with Crippen molar-refractivity contribution in [3.05, 3.63) is 42.0 Å². The lowest BCUT2D eigenvalue weighted by molar-refractivity contribution is 0.472. The van der Waals surface area contributed by atoms with Crippen molar-refractivity contribution in [1.29, 1.82) is 0 Å². The quantitative estimate of drug-likeness (QED) is 0.836. The van der Waals surface area contributed by atoms with E-state index in [1.807, 2.05) is 12.1 Å². The molecular formula is C16H21NOS. The predicted octanol–water partition coefficient (Wildman–Crippen LogP) is 3.19. The van der Waals surface area contributed by atoms with Crippen molar-refractivity contribution < 1.29 is 4.21 Å². The van der Waals surface area contributed by atoms with E-state index < -0.39 is 10.8 Å². The van der Waals surface area contributed by atoms with Crippen molar-refractivity contribution in [2.24, 2.45) is 17.8 Å². The maximum absolute atomic E-state index is 11.3. The minimum atomic E-state index is -0.769. The van der Waals surface area contributed by atoms with Gasteiger partial charge in [0.15, 0.2) is 0 Å². The number of anilines is 1. The Labute approximate surface area is 117 Å². The van der Waals surface area contributed by atoms with Crippen LogP contribution in [0.15, 0.2) is 36.4 Å². The van der Waals surface area contributed by atoms with Gasteiger partial charge in [0.25, 0.3) is 0 Å². The molecule has 0 amide bonds. The molecule has 0 radical (unpaired) electrons. The second-order valence-electron chi connectivity index (χ2n) is 5.84. The SMILES string of the molecule is C[S@@](=O)Cc1cccc(NC[C@H]2C[C@H]3C=C[C@H]2C3)c1. The highest BCUT2D eigenvalue weighted by Crippen LogP contribution is 2.43. The fourth-order valence-electron chi connectivity index (χ4n) is 3.38. The molecule has 3 rings (SSSR count). The van der Waals surface area contributed by atoms with E-state index in [2.05, 4.69) is 29.6 Å².